The van der Waals surface area contributed by atoms with Gasteiger partial charge in [-0.1, -0.05) is 28.1 Å². The van der Waals surface area contributed by atoms with Gasteiger partial charge >= 0.3 is 0 Å². The van der Waals surface area contributed by atoms with E-state index in [1.165, 1.54) is 17.0 Å². The summed E-state index contributed by atoms with van der Waals surface area (Å²) in [6.45, 7) is 0.204. The second kappa shape index (κ2) is 7.20. The van der Waals surface area contributed by atoms with Crippen molar-refractivity contribution in [3.05, 3.63) is 79.2 Å². The van der Waals surface area contributed by atoms with Gasteiger partial charge in [-0.3, -0.25) is 24.6 Å². The van der Waals surface area contributed by atoms with Crippen LogP contribution in [-0.2, 0) is 11.3 Å². The van der Waals surface area contributed by atoms with E-state index in [-0.39, 0.29) is 23.4 Å². The molecule has 0 spiro atoms. The van der Waals surface area contributed by atoms with Crippen molar-refractivity contribution < 1.29 is 14.5 Å². The van der Waals surface area contributed by atoms with Gasteiger partial charge in [0.2, 0.25) is 0 Å². The number of carbonyl (C=O) groups excluding carboxylic acids is 2. The maximum Gasteiger partial charge on any atom is 0.293 e. The number of rotatable bonds is 4. The first kappa shape index (κ1) is 17.4. The molecule has 1 aliphatic rings. The molecular formula is C17H11BrN2O4S. The third-order valence-electron chi connectivity index (χ3n) is 3.53. The molecule has 0 aliphatic carbocycles. The van der Waals surface area contributed by atoms with Crippen molar-refractivity contribution in [3.63, 3.8) is 0 Å². The number of nitro benzene ring substituents is 1. The Kier molecular flexibility index (Phi) is 5.00. The SMILES string of the molecule is O=C1S/C(=C\c2ccc([N+](=O)[O-])cc2)C(=O)N1Cc1ccc(Br)cc1. The summed E-state index contributed by atoms with van der Waals surface area (Å²) in [7, 11) is 0. The van der Waals surface area contributed by atoms with Crippen molar-refractivity contribution in [2.75, 3.05) is 0 Å². The molecule has 0 bridgehead atoms. The molecule has 0 atom stereocenters. The van der Waals surface area contributed by atoms with Crippen molar-refractivity contribution in [2.24, 2.45) is 0 Å². The highest BCUT2D eigenvalue weighted by molar-refractivity contribution is 9.10. The first-order chi connectivity index (χ1) is 11.9. The predicted molar refractivity (Wildman–Crippen MR) is 98.8 cm³/mol. The summed E-state index contributed by atoms with van der Waals surface area (Å²) >= 11 is 4.20. The van der Waals surface area contributed by atoms with Crippen molar-refractivity contribution in [1.82, 2.24) is 4.90 Å². The summed E-state index contributed by atoms with van der Waals surface area (Å²) in [5, 5.41) is 10.3. The lowest BCUT2D eigenvalue weighted by molar-refractivity contribution is -0.384. The average Bonchev–Trinajstić information content (AvgIpc) is 2.85. The van der Waals surface area contributed by atoms with Gasteiger partial charge in [-0.25, -0.2) is 0 Å². The van der Waals surface area contributed by atoms with Crippen LogP contribution in [0.15, 0.2) is 57.9 Å². The number of non-ortho nitro benzene ring substituents is 1. The maximum absolute atomic E-state index is 12.5. The van der Waals surface area contributed by atoms with Gasteiger partial charge in [-0.15, -0.1) is 0 Å². The normalized spacial score (nSPS) is 15.9. The van der Waals surface area contributed by atoms with E-state index in [1.54, 1.807) is 18.2 Å². The topological polar surface area (TPSA) is 80.5 Å². The quantitative estimate of drug-likeness (QED) is 0.411. The van der Waals surface area contributed by atoms with Crippen LogP contribution in [0.5, 0.6) is 0 Å². The average molecular weight is 419 g/mol. The van der Waals surface area contributed by atoms with Crippen LogP contribution >= 0.6 is 27.7 Å². The molecule has 3 rings (SSSR count). The Balaban J connectivity index is 1.78. The van der Waals surface area contributed by atoms with Crippen LogP contribution in [0, 0.1) is 10.1 Å². The maximum atomic E-state index is 12.5. The van der Waals surface area contributed by atoms with Crippen LogP contribution in [0.25, 0.3) is 6.08 Å². The number of imide groups is 1. The van der Waals surface area contributed by atoms with E-state index in [4.69, 9.17) is 0 Å². The van der Waals surface area contributed by atoms with Gasteiger partial charge in [0.05, 0.1) is 16.4 Å². The number of amides is 2. The van der Waals surface area contributed by atoms with Gasteiger partial charge in [-0.05, 0) is 53.2 Å². The first-order valence-electron chi connectivity index (χ1n) is 7.18. The molecule has 126 valence electrons. The number of hydrogen-bond acceptors (Lipinski definition) is 5. The largest absolute Gasteiger partial charge is 0.293 e. The molecule has 0 saturated carbocycles. The molecule has 0 N–H and O–H groups in total. The Morgan fingerprint density at radius 3 is 2.32 bits per heavy atom. The third kappa shape index (κ3) is 3.97. The van der Waals surface area contributed by atoms with Gasteiger partial charge in [0.25, 0.3) is 16.8 Å². The van der Waals surface area contributed by atoms with Gasteiger partial charge in [0.1, 0.15) is 0 Å². The molecule has 6 nitrogen and oxygen atoms in total. The number of benzene rings is 2. The first-order valence-corrected chi connectivity index (χ1v) is 8.79. The Hall–Kier alpha value is -2.45. The standard InChI is InChI=1S/C17H11BrN2O4S/c18-13-5-1-12(2-6-13)10-19-16(21)15(25-17(19)22)9-11-3-7-14(8-4-11)20(23)24/h1-9H,10H2/b15-9-. The molecule has 1 saturated heterocycles. The van der Waals surface area contributed by atoms with Crippen LogP contribution in [-0.4, -0.2) is 21.0 Å². The minimum Gasteiger partial charge on any atom is -0.268 e. The van der Waals surface area contributed by atoms with Crippen molar-refractivity contribution in [3.8, 4) is 0 Å². The highest BCUT2D eigenvalue weighted by Gasteiger charge is 2.34. The summed E-state index contributed by atoms with van der Waals surface area (Å²) in [4.78, 5) is 36.3. The fourth-order valence-electron chi connectivity index (χ4n) is 2.25. The monoisotopic (exact) mass is 418 g/mol. The van der Waals surface area contributed by atoms with Crippen LogP contribution in [0.2, 0.25) is 0 Å². The Labute approximate surface area is 155 Å². The Bertz CT molecular complexity index is 879. The summed E-state index contributed by atoms with van der Waals surface area (Å²) in [6, 6.07) is 13.2. The highest BCUT2D eigenvalue weighted by Crippen LogP contribution is 2.33. The summed E-state index contributed by atoms with van der Waals surface area (Å²) in [5.41, 5.74) is 1.45. The van der Waals surface area contributed by atoms with E-state index in [0.717, 1.165) is 21.8 Å². The molecule has 1 fully saturated rings. The molecule has 1 aliphatic heterocycles. The van der Waals surface area contributed by atoms with Crippen molar-refractivity contribution >= 4 is 50.6 Å². The minimum atomic E-state index is -0.490. The molecule has 0 unspecified atom stereocenters. The fraction of sp³-hybridized carbons (Fsp3) is 0.0588. The second-order valence-corrected chi connectivity index (χ2v) is 7.15. The molecule has 0 aromatic heterocycles. The van der Waals surface area contributed by atoms with Crippen molar-refractivity contribution in [1.29, 1.82) is 0 Å². The smallest absolute Gasteiger partial charge is 0.268 e. The Morgan fingerprint density at radius 2 is 1.72 bits per heavy atom. The van der Waals surface area contributed by atoms with E-state index >= 15 is 0 Å². The van der Waals surface area contributed by atoms with E-state index in [1.807, 2.05) is 24.3 Å². The number of halogens is 1. The van der Waals surface area contributed by atoms with Gasteiger partial charge in [-0.2, -0.15) is 0 Å². The van der Waals surface area contributed by atoms with E-state index < -0.39 is 4.92 Å². The third-order valence-corrected chi connectivity index (χ3v) is 4.97. The predicted octanol–water partition coefficient (Wildman–Crippen LogP) is 4.59. The summed E-state index contributed by atoms with van der Waals surface area (Å²) in [6.07, 6.45) is 1.57. The second-order valence-electron chi connectivity index (χ2n) is 5.24. The lowest BCUT2D eigenvalue weighted by Crippen LogP contribution is -2.27. The van der Waals surface area contributed by atoms with E-state index in [0.29, 0.717) is 10.5 Å². The zero-order valence-electron chi connectivity index (χ0n) is 12.7. The molecular weight excluding hydrogens is 408 g/mol. The number of nitrogens with zero attached hydrogens (tertiary/aromatic N) is 2. The number of hydrogen-bond donors (Lipinski definition) is 0. The summed E-state index contributed by atoms with van der Waals surface area (Å²) in [5.74, 6) is -0.365. The van der Waals surface area contributed by atoms with E-state index in [2.05, 4.69) is 15.9 Å². The number of thioether (sulfide) groups is 1. The number of carbonyl (C=O) groups is 2. The van der Waals surface area contributed by atoms with Crippen LogP contribution in [0.1, 0.15) is 11.1 Å². The zero-order valence-corrected chi connectivity index (χ0v) is 15.1. The summed E-state index contributed by atoms with van der Waals surface area (Å²) < 4.78 is 0.920. The fourth-order valence-corrected chi connectivity index (χ4v) is 3.35. The lowest BCUT2D eigenvalue weighted by atomic mass is 10.2. The van der Waals surface area contributed by atoms with Gasteiger partial charge in [0, 0.05) is 16.6 Å². The molecule has 0 radical (unpaired) electrons. The molecule has 1 heterocycles. The Morgan fingerprint density at radius 1 is 1.08 bits per heavy atom. The molecule has 2 amide bonds. The van der Waals surface area contributed by atoms with E-state index in [9.17, 15) is 19.7 Å². The zero-order chi connectivity index (χ0) is 18.0. The molecule has 2 aromatic carbocycles. The molecule has 2 aromatic rings. The van der Waals surface area contributed by atoms with Gasteiger partial charge < -0.3 is 0 Å². The van der Waals surface area contributed by atoms with Crippen LogP contribution < -0.4 is 0 Å². The van der Waals surface area contributed by atoms with Crippen molar-refractivity contribution in [2.45, 2.75) is 6.54 Å². The van der Waals surface area contributed by atoms with Crippen LogP contribution in [0.3, 0.4) is 0 Å². The highest BCUT2D eigenvalue weighted by atomic mass is 79.9. The van der Waals surface area contributed by atoms with Gasteiger partial charge in [0.15, 0.2) is 0 Å². The lowest BCUT2D eigenvalue weighted by Gasteiger charge is -2.12. The van der Waals surface area contributed by atoms with Crippen LogP contribution in [0.4, 0.5) is 10.5 Å². The number of nitro groups is 1. The minimum absolute atomic E-state index is 0.0273. The molecule has 8 heteroatoms. The molecule has 25 heavy (non-hydrogen) atoms.